The Hall–Kier alpha value is -2.49. The Balaban J connectivity index is 1.97. The highest BCUT2D eigenvalue weighted by Gasteiger charge is 2.05. The Labute approximate surface area is 109 Å². The number of rotatable bonds is 3. The Kier molecular flexibility index (Phi) is 2.83. The van der Waals surface area contributed by atoms with Gasteiger partial charge in [-0.3, -0.25) is 9.20 Å². The number of aldehydes is 1. The Morgan fingerprint density at radius 1 is 1.16 bits per heavy atom. The van der Waals surface area contributed by atoms with Gasteiger partial charge in [0.2, 0.25) is 0 Å². The van der Waals surface area contributed by atoms with Gasteiger partial charge in [0.15, 0.2) is 6.29 Å². The van der Waals surface area contributed by atoms with E-state index >= 15 is 0 Å². The summed E-state index contributed by atoms with van der Waals surface area (Å²) in [4.78, 5) is 15.4. The molecule has 94 valence electrons. The smallest absolute Gasteiger partial charge is 0.166 e. The molecule has 0 amide bonds. The van der Waals surface area contributed by atoms with E-state index in [2.05, 4.69) is 4.98 Å². The van der Waals surface area contributed by atoms with Crippen molar-refractivity contribution in [3.05, 3.63) is 71.4 Å². The van der Waals surface area contributed by atoms with Crippen molar-refractivity contribution in [1.29, 1.82) is 0 Å². The molecule has 3 rings (SSSR count). The fraction of sp³-hybridized carbons (Fsp3) is 0.0667. The molecule has 0 unspecified atom stereocenters. The normalized spacial score (nSPS) is 10.8. The molecule has 0 bridgehead atoms. The number of halogens is 1. The van der Waals surface area contributed by atoms with Crippen molar-refractivity contribution in [2.24, 2.45) is 0 Å². The highest BCUT2D eigenvalue weighted by Crippen LogP contribution is 2.12. The van der Waals surface area contributed by atoms with E-state index in [9.17, 15) is 9.18 Å². The standard InChI is InChI=1S/C15H11FN2O/c16-12-6-4-11(5-7-12)8-13-9-18-14(10-19)2-1-3-15(18)17-13/h1-7,9-10H,8H2. The second-order valence-corrected chi connectivity index (χ2v) is 4.33. The molecular weight excluding hydrogens is 243 g/mol. The molecule has 19 heavy (non-hydrogen) atoms. The molecule has 2 heterocycles. The number of pyridine rings is 1. The lowest BCUT2D eigenvalue weighted by atomic mass is 10.1. The first-order chi connectivity index (χ1) is 9.26. The van der Waals surface area contributed by atoms with Gasteiger partial charge in [-0.2, -0.15) is 0 Å². The van der Waals surface area contributed by atoms with Crippen molar-refractivity contribution < 1.29 is 9.18 Å². The van der Waals surface area contributed by atoms with Crippen molar-refractivity contribution in [3.63, 3.8) is 0 Å². The van der Waals surface area contributed by atoms with E-state index in [-0.39, 0.29) is 5.82 Å². The number of hydrogen-bond acceptors (Lipinski definition) is 2. The van der Waals surface area contributed by atoms with Crippen LogP contribution >= 0.6 is 0 Å². The molecule has 0 aliphatic rings. The number of carbonyl (C=O) groups excluding carboxylic acids is 1. The molecule has 3 nitrogen and oxygen atoms in total. The van der Waals surface area contributed by atoms with Crippen molar-refractivity contribution in [3.8, 4) is 0 Å². The van der Waals surface area contributed by atoms with E-state index in [4.69, 9.17) is 0 Å². The van der Waals surface area contributed by atoms with Crippen molar-refractivity contribution in [2.45, 2.75) is 6.42 Å². The Bertz CT molecular complexity index is 731. The van der Waals surface area contributed by atoms with Gasteiger partial charge in [-0.25, -0.2) is 9.37 Å². The van der Waals surface area contributed by atoms with Crippen LogP contribution in [0.15, 0.2) is 48.7 Å². The predicted octanol–water partition coefficient (Wildman–Crippen LogP) is 2.88. The number of nitrogens with zero attached hydrogens (tertiary/aromatic N) is 2. The highest BCUT2D eigenvalue weighted by molar-refractivity contribution is 5.73. The Morgan fingerprint density at radius 3 is 2.68 bits per heavy atom. The minimum atomic E-state index is -0.248. The maximum atomic E-state index is 12.8. The number of fused-ring (bicyclic) bond motifs is 1. The van der Waals surface area contributed by atoms with E-state index in [1.54, 1.807) is 28.7 Å². The van der Waals surface area contributed by atoms with Gasteiger partial charge in [0.25, 0.3) is 0 Å². The van der Waals surface area contributed by atoms with Crippen LogP contribution < -0.4 is 0 Å². The molecule has 4 heteroatoms. The molecule has 0 N–H and O–H groups in total. The summed E-state index contributed by atoms with van der Waals surface area (Å²) in [6, 6.07) is 11.7. The van der Waals surface area contributed by atoms with Crippen LogP contribution in [0.4, 0.5) is 4.39 Å². The lowest BCUT2D eigenvalue weighted by Gasteiger charge is -1.97. The molecule has 0 fully saturated rings. The van der Waals surface area contributed by atoms with Gasteiger partial charge in [0, 0.05) is 12.6 Å². The highest BCUT2D eigenvalue weighted by atomic mass is 19.1. The van der Waals surface area contributed by atoms with Gasteiger partial charge < -0.3 is 0 Å². The zero-order valence-electron chi connectivity index (χ0n) is 10.1. The predicted molar refractivity (Wildman–Crippen MR) is 69.8 cm³/mol. The minimum absolute atomic E-state index is 0.248. The fourth-order valence-corrected chi connectivity index (χ4v) is 2.08. The molecule has 0 aliphatic carbocycles. The molecule has 0 spiro atoms. The van der Waals surface area contributed by atoms with Gasteiger partial charge in [-0.15, -0.1) is 0 Å². The van der Waals surface area contributed by atoms with E-state index in [0.717, 1.165) is 23.2 Å². The van der Waals surface area contributed by atoms with Gasteiger partial charge in [-0.1, -0.05) is 18.2 Å². The molecule has 3 aromatic rings. The summed E-state index contributed by atoms with van der Waals surface area (Å²) in [5, 5.41) is 0. The fourth-order valence-electron chi connectivity index (χ4n) is 2.08. The van der Waals surface area contributed by atoms with E-state index < -0.39 is 0 Å². The number of carbonyl (C=O) groups is 1. The molecule has 0 aliphatic heterocycles. The lowest BCUT2D eigenvalue weighted by molar-refractivity contribution is 0.111. The molecule has 2 aromatic heterocycles. The van der Waals surface area contributed by atoms with Crippen LogP contribution in [-0.2, 0) is 6.42 Å². The van der Waals surface area contributed by atoms with Gasteiger partial charge in [0.05, 0.1) is 11.4 Å². The molecule has 0 atom stereocenters. The monoisotopic (exact) mass is 254 g/mol. The summed E-state index contributed by atoms with van der Waals surface area (Å²) in [5.41, 5.74) is 3.13. The second-order valence-electron chi connectivity index (χ2n) is 4.33. The third-order valence-corrected chi connectivity index (χ3v) is 2.99. The molecule has 1 aromatic carbocycles. The van der Waals surface area contributed by atoms with Crippen LogP contribution in [0.2, 0.25) is 0 Å². The first kappa shape index (κ1) is 11.6. The third kappa shape index (κ3) is 2.25. The molecular formula is C15H11FN2O. The van der Waals surface area contributed by atoms with Crippen LogP contribution in [0, 0.1) is 5.82 Å². The van der Waals surface area contributed by atoms with Gasteiger partial charge >= 0.3 is 0 Å². The summed E-state index contributed by atoms with van der Waals surface area (Å²) < 4.78 is 14.6. The minimum Gasteiger partial charge on any atom is -0.297 e. The number of imidazole rings is 1. The molecule has 0 saturated carbocycles. The number of hydrogen-bond donors (Lipinski definition) is 0. The lowest BCUT2D eigenvalue weighted by Crippen LogP contribution is -1.92. The number of aromatic nitrogens is 2. The third-order valence-electron chi connectivity index (χ3n) is 2.99. The first-order valence-corrected chi connectivity index (χ1v) is 5.93. The average molecular weight is 254 g/mol. The summed E-state index contributed by atoms with van der Waals surface area (Å²) in [6.07, 6.45) is 3.25. The first-order valence-electron chi connectivity index (χ1n) is 5.93. The van der Waals surface area contributed by atoms with Crippen LogP contribution in [0.3, 0.4) is 0 Å². The van der Waals surface area contributed by atoms with E-state index in [1.165, 1.54) is 12.1 Å². The summed E-state index contributed by atoms with van der Waals surface area (Å²) in [5.74, 6) is -0.248. The van der Waals surface area contributed by atoms with Crippen LogP contribution in [0.1, 0.15) is 21.7 Å². The van der Waals surface area contributed by atoms with Gasteiger partial charge in [0.1, 0.15) is 11.5 Å². The van der Waals surface area contributed by atoms with E-state index in [0.29, 0.717) is 12.1 Å². The quantitative estimate of drug-likeness (QED) is 0.673. The maximum Gasteiger partial charge on any atom is 0.166 e. The van der Waals surface area contributed by atoms with Crippen molar-refractivity contribution in [1.82, 2.24) is 9.38 Å². The Morgan fingerprint density at radius 2 is 1.95 bits per heavy atom. The molecule has 0 radical (unpaired) electrons. The second kappa shape index (κ2) is 4.65. The largest absolute Gasteiger partial charge is 0.297 e. The SMILES string of the molecule is O=Cc1cccc2nc(Cc3ccc(F)cc3)cn12. The average Bonchev–Trinajstić information content (AvgIpc) is 2.83. The summed E-state index contributed by atoms with van der Waals surface area (Å²) in [7, 11) is 0. The van der Waals surface area contributed by atoms with Crippen molar-refractivity contribution in [2.75, 3.05) is 0 Å². The van der Waals surface area contributed by atoms with E-state index in [1.807, 2.05) is 12.3 Å². The van der Waals surface area contributed by atoms with Crippen LogP contribution in [0.25, 0.3) is 5.65 Å². The van der Waals surface area contributed by atoms with Crippen molar-refractivity contribution >= 4 is 11.9 Å². The van der Waals surface area contributed by atoms with Gasteiger partial charge in [-0.05, 0) is 29.8 Å². The number of benzene rings is 1. The zero-order valence-corrected chi connectivity index (χ0v) is 10.1. The van der Waals surface area contributed by atoms with Crippen LogP contribution in [0.5, 0.6) is 0 Å². The maximum absolute atomic E-state index is 12.8. The summed E-state index contributed by atoms with van der Waals surface area (Å²) >= 11 is 0. The summed E-state index contributed by atoms with van der Waals surface area (Å²) in [6.45, 7) is 0. The van der Waals surface area contributed by atoms with Crippen LogP contribution in [-0.4, -0.2) is 15.7 Å². The zero-order chi connectivity index (χ0) is 13.2. The topological polar surface area (TPSA) is 34.4 Å². The molecule has 0 saturated heterocycles.